The molecule has 0 radical (unpaired) electrons. The summed E-state index contributed by atoms with van der Waals surface area (Å²) < 4.78 is 36.7. The van der Waals surface area contributed by atoms with Crippen LogP contribution < -0.4 is 19.1 Å². The van der Waals surface area contributed by atoms with E-state index in [1.165, 1.54) is 4.31 Å². The fourth-order valence-electron chi connectivity index (χ4n) is 3.10. The van der Waals surface area contributed by atoms with E-state index in [9.17, 15) is 13.2 Å². The number of anilines is 1. The molecule has 3 aromatic carbocycles. The van der Waals surface area contributed by atoms with Gasteiger partial charge in [-0.3, -0.25) is 9.10 Å². The molecule has 0 heterocycles. The summed E-state index contributed by atoms with van der Waals surface area (Å²) in [6, 6.07) is 20.6. The number of methoxy groups -OCH3 is 1. The number of rotatable bonds is 10. The minimum atomic E-state index is -3.51. The first-order chi connectivity index (χ1) is 15.8. The van der Waals surface area contributed by atoms with Crippen molar-refractivity contribution in [1.82, 2.24) is 5.32 Å². The molecule has 0 aromatic heterocycles. The molecular formula is C24H25ClN2O5S. The number of para-hydroxylation sites is 2. The Hall–Kier alpha value is -3.23. The maximum absolute atomic E-state index is 12.4. The minimum Gasteiger partial charge on any atom is -0.493 e. The molecular weight excluding hydrogens is 464 g/mol. The zero-order valence-electron chi connectivity index (χ0n) is 18.3. The van der Waals surface area contributed by atoms with E-state index in [1.54, 1.807) is 67.8 Å². The van der Waals surface area contributed by atoms with Gasteiger partial charge in [-0.05, 0) is 54.1 Å². The Labute approximate surface area is 198 Å². The molecule has 9 heteroatoms. The van der Waals surface area contributed by atoms with Crippen molar-refractivity contribution in [3.63, 3.8) is 0 Å². The summed E-state index contributed by atoms with van der Waals surface area (Å²) in [5.74, 6) is 0.985. The lowest BCUT2D eigenvalue weighted by Crippen LogP contribution is -2.29. The number of nitrogens with one attached hydrogen (secondary N) is 1. The summed E-state index contributed by atoms with van der Waals surface area (Å²) in [4.78, 5) is 12.4. The number of sulfonamides is 1. The van der Waals surface area contributed by atoms with Gasteiger partial charge < -0.3 is 14.8 Å². The van der Waals surface area contributed by atoms with Crippen molar-refractivity contribution in [2.24, 2.45) is 0 Å². The van der Waals surface area contributed by atoms with Crippen LogP contribution in [0.25, 0.3) is 0 Å². The monoisotopic (exact) mass is 488 g/mol. The van der Waals surface area contributed by atoms with Crippen LogP contribution in [0, 0.1) is 0 Å². The van der Waals surface area contributed by atoms with Gasteiger partial charge in [0, 0.05) is 10.6 Å². The van der Waals surface area contributed by atoms with E-state index >= 15 is 0 Å². The molecule has 0 unspecified atom stereocenters. The lowest BCUT2D eigenvalue weighted by Gasteiger charge is -2.22. The number of hydrogen-bond donors (Lipinski definition) is 1. The maximum atomic E-state index is 12.4. The molecule has 0 atom stereocenters. The second-order valence-corrected chi connectivity index (χ2v) is 9.54. The summed E-state index contributed by atoms with van der Waals surface area (Å²) in [7, 11) is -1.94. The summed E-state index contributed by atoms with van der Waals surface area (Å²) in [6.45, 7) is 0.737. The molecule has 7 nitrogen and oxygen atoms in total. The van der Waals surface area contributed by atoms with Crippen LogP contribution in [-0.2, 0) is 16.6 Å². The number of amides is 1. The van der Waals surface area contributed by atoms with Crippen LogP contribution in [-0.4, -0.2) is 40.8 Å². The Balaban J connectivity index is 1.57. The Kier molecular flexibility index (Phi) is 8.19. The van der Waals surface area contributed by atoms with Crippen molar-refractivity contribution in [1.29, 1.82) is 0 Å². The molecule has 0 aliphatic heterocycles. The largest absolute Gasteiger partial charge is 0.493 e. The zero-order chi connectivity index (χ0) is 23.8. The van der Waals surface area contributed by atoms with E-state index in [0.717, 1.165) is 11.8 Å². The van der Waals surface area contributed by atoms with Gasteiger partial charge in [-0.25, -0.2) is 8.42 Å². The second kappa shape index (κ2) is 11.1. The van der Waals surface area contributed by atoms with Crippen LogP contribution in [0.2, 0.25) is 5.02 Å². The van der Waals surface area contributed by atoms with Crippen molar-refractivity contribution >= 4 is 33.2 Å². The Morgan fingerprint density at radius 2 is 1.61 bits per heavy atom. The lowest BCUT2D eigenvalue weighted by atomic mass is 10.1. The number of carbonyl (C=O) groups is 1. The van der Waals surface area contributed by atoms with E-state index < -0.39 is 10.0 Å². The van der Waals surface area contributed by atoms with Gasteiger partial charge in [0.15, 0.2) is 11.5 Å². The first-order valence-corrected chi connectivity index (χ1v) is 12.4. The van der Waals surface area contributed by atoms with Crippen LogP contribution >= 0.6 is 11.6 Å². The van der Waals surface area contributed by atoms with E-state index in [2.05, 4.69) is 5.32 Å². The highest BCUT2D eigenvalue weighted by Gasteiger charge is 2.18. The highest BCUT2D eigenvalue weighted by molar-refractivity contribution is 7.92. The third-order valence-electron chi connectivity index (χ3n) is 4.77. The van der Waals surface area contributed by atoms with Crippen molar-refractivity contribution < 1.29 is 22.7 Å². The van der Waals surface area contributed by atoms with Crippen LogP contribution in [0.5, 0.6) is 11.5 Å². The van der Waals surface area contributed by atoms with Gasteiger partial charge in [0.25, 0.3) is 5.91 Å². The quantitative estimate of drug-likeness (QED) is 0.434. The average molecular weight is 489 g/mol. The molecule has 0 bridgehead atoms. The number of benzene rings is 3. The predicted octanol–water partition coefficient (Wildman–Crippen LogP) is 4.12. The van der Waals surface area contributed by atoms with Gasteiger partial charge in [0.1, 0.15) is 6.61 Å². The molecule has 0 spiro atoms. The van der Waals surface area contributed by atoms with Crippen molar-refractivity contribution in [3.05, 3.63) is 88.9 Å². The minimum absolute atomic E-state index is 0.134. The van der Waals surface area contributed by atoms with Crippen LogP contribution in [0.4, 0.5) is 5.69 Å². The molecule has 3 aromatic rings. The fraction of sp³-hybridized carbons (Fsp3) is 0.208. The first kappa shape index (κ1) is 24.4. The van der Waals surface area contributed by atoms with E-state index in [-0.39, 0.29) is 19.1 Å². The summed E-state index contributed by atoms with van der Waals surface area (Å²) in [5.41, 5.74) is 1.72. The Morgan fingerprint density at radius 3 is 2.21 bits per heavy atom. The highest BCUT2D eigenvalue weighted by Crippen LogP contribution is 2.25. The highest BCUT2D eigenvalue weighted by atomic mass is 35.5. The Morgan fingerprint density at radius 1 is 0.970 bits per heavy atom. The number of carbonyl (C=O) groups excluding carboxylic acids is 1. The molecule has 33 heavy (non-hydrogen) atoms. The van der Waals surface area contributed by atoms with Gasteiger partial charge in [-0.15, -0.1) is 0 Å². The molecule has 0 aliphatic carbocycles. The molecule has 0 fully saturated rings. The van der Waals surface area contributed by atoms with E-state index in [4.69, 9.17) is 21.1 Å². The number of halogens is 1. The zero-order valence-corrected chi connectivity index (χ0v) is 19.9. The standard InChI is InChI=1S/C24H25ClN2O5S/c1-31-22-5-3-4-6-23(22)32-16-15-26-24(28)19-9-7-18(8-10-19)17-27(33(2,29)30)21-13-11-20(25)12-14-21/h3-14H,15-17H2,1-2H3,(H,26,28). The summed E-state index contributed by atoms with van der Waals surface area (Å²) in [5, 5.41) is 3.32. The van der Waals surface area contributed by atoms with Crippen LogP contribution in [0.3, 0.4) is 0 Å². The lowest BCUT2D eigenvalue weighted by molar-refractivity contribution is 0.0947. The average Bonchev–Trinajstić information content (AvgIpc) is 2.81. The molecule has 1 amide bonds. The molecule has 1 N–H and O–H groups in total. The number of ether oxygens (including phenoxy) is 2. The number of nitrogens with zero attached hydrogens (tertiary/aromatic N) is 1. The summed E-state index contributed by atoms with van der Waals surface area (Å²) >= 11 is 5.91. The van der Waals surface area contributed by atoms with Crippen molar-refractivity contribution in [3.8, 4) is 11.5 Å². The second-order valence-electron chi connectivity index (χ2n) is 7.20. The van der Waals surface area contributed by atoms with Crippen molar-refractivity contribution in [2.45, 2.75) is 6.54 Å². The normalized spacial score (nSPS) is 11.0. The number of hydrogen-bond acceptors (Lipinski definition) is 5. The third kappa shape index (κ3) is 6.87. The topological polar surface area (TPSA) is 84.9 Å². The van der Waals surface area contributed by atoms with E-state index in [1.807, 2.05) is 12.1 Å². The first-order valence-electron chi connectivity index (χ1n) is 10.1. The third-order valence-corrected chi connectivity index (χ3v) is 6.16. The molecule has 0 aliphatic rings. The summed E-state index contributed by atoms with van der Waals surface area (Å²) in [6.07, 6.45) is 1.15. The Bertz CT molecular complexity index is 1180. The van der Waals surface area contributed by atoms with Crippen molar-refractivity contribution in [2.75, 3.05) is 30.8 Å². The fourth-order valence-corrected chi connectivity index (χ4v) is 4.11. The van der Waals surface area contributed by atoms with Gasteiger partial charge in [-0.1, -0.05) is 35.9 Å². The van der Waals surface area contributed by atoms with Gasteiger partial charge >= 0.3 is 0 Å². The van der Waals surface area contributed by atoms with E-state index in [0.29, 0.717) is 34.3 Å². The van der Waals surface area contributed by atoms with Crippen LogP contribution in [0.15, 0.2) is 72.8 Å². The SMILES string of the molecule is COc1ccccc1OCCNC(=O)c1ccc(CN(c2ccc(Cl)cc2)S(C)(=O)=O)cc1. The predicted molar refractivity (Wildman–Crippen MR) is 130 cm³/mol. The molecule has 0 saturated carbocycles. The molecule has 0 saturated heterocycles. The van der Waals surface area contributed by atoms with Gasteiger partial charge in [-0.2, -0.15) is 0 Å². The molecule has 3 rings (SSSR count). The van der Waals surface area contributed by atoms with Gasteiger partial charge in [0.2, 0.25) is 10.0 Å². The van der Waals surface area contributed by atoms with Gasteiger partial charge in [0.05, 0.1) is 32.1 Å². The van der Waals surface area contributed by atoms with Crippen LogP contribution in [0.1, 0.15) is 15.9 Å². The smallest absolute Gasteiger partial charge is 0.251 e. The molecule has 174 valence electrons. The maximum Gasteiger partial charge on any atom is 0.251 e.